The van der Waals surface area contributed by atoms with Crippen molar-refractivity contribution in [2.45, 2.75) is 24.8 Å². The van der Waals surface area contributed by atoms with Gasteiger partial charge in [0.25, 0.3) is 0 Å². The van der Waals surface area contributed by atoms with Crippen LogP contribution in [0.5, 0.6) is 5.88 Å². The third-order valence-corrected chi connectivity index (χ3v) is 4.96. The predicted molar refractivity (Wildman–Crippen MR) is 122 cm³/mol. The minimum atomic E-state index is -3.16. The van der Waals surface area contributed by atoms with Gasteiger partial charge in [-0.2, -0.15) is 0 Å². The number of guanidine groups is 1. The number of ether oxygens (including phenoxy) is 1. The van der Waals surface area contributed by atoms with E-state index in [0.717, 1.165) is 17.5 Å². The molecule has 1 aromatic carbocycles. The number of nitrogens with one attached hydrogen (secondary N) is 2. The van der Waals surface area contributed by atoms with Crippen molar-refractivity contribution < 1.29 is 13.2 Å². The SMILES string of the molecule is CCOc1cc(CNC(=NC)NCCc2ccc(S(C)(=O)=O)cc2)ccn1.I. The molecule has 1 aromatic heterocycles. The number of aliphatic imine (C=N–C) groups is 1. The number of rotatable bonds is 8. The van der Waals surface area contributed by atoms with Crippen LogP contribution in [0.25, 0.3) is 0 Å². The highest BCUT2D eigenvalue weighted by Gasteiger charge is 2.06. The van der Waals surface area contributed by atoms with Crippen molar-refractivity contribution in [3.05, 3.63) is 53.7 Å². The first kappa shape index (κ1) is 24.2. The molecule has 0 fully saturated rings. The monoisotopic (exact) mass is 518 g/mol. The number of nitrogens with zero attached hydrogens (tertiary/aromatic N) is 2. The predicted octanol–water partition coefficient (Wildman–Crippen LogP) is 2.41. The van der Waals surface area contributed by atoms with E-state index in [1.54, 1.807) is 25.4 Å². The van der Waals surface area contributed by atoms with E-state index >= 15 is 0 Å². The van der Waals surface area contributed by atoms with Crippen LogP contribution in [0.2, 0.25) is 0 Å². The van der Waals surface area contributed by atoms with Gasteiger partial charge in [-0.1, -0.05) is 12.1 Å². The lowest BCUT2D eigenvalue weighted by atomic mass is 10.1. The first-order chi connectivity index (χ1) is 12.9. The maximum atomic E-state index is 11.5. The molecule has 0 aliphatic heterocycles. The summed E-state index contributed by atoms with van der Waals surface area (Å²) in [6.07, 6.45) is 3.69. The lowest BCUT2D eigenvalue weighted by Crippen LogP contribution is -2.37. The summed E-state index contributed by atoms with van der Waals surface area (Å²) >= 11 is 0. The van der Waals surface area contributed by atoms with Crippen LogP contribution in [0.15, 0.2) is 52.5 Å². The fourth-order valence-electron chi connectivity index (χ4n) is 2.42. The Morgan fingerprint density at radius 1 is 1.14 bits per heavy atom. The first-order valence-corrected chi connectivity index (χ1v) is 10.6. The van der Waals surface area contributed by atoms with E-state index in [9.17, 15) is 8.42 Å². The second-order valence-electron chi connectivity index (χ2n) is 5.95. The number of sulfone groups is 1. The average molecular weight is 518 g/mol. The molecule has 0 aliphatic carbocycles. The minimum Gasteiger partial charge on any atom is -0.478 e. The molecule has 2 rings (SSSR count). The second kappa shape index (κ2) is 11.8. The van der Waals surface area contributed by atoms with Gasteiger partial charge in [0.2, 0.25) is 5.88 Å². The maximum absolute atomic E-state index is 11.5. The summed E-state index contributed by atoms with van der Waals surface area (Å²) in [5.41, 5.74) is 2.11. The van der Waals surface area contributed by atoms with E-state index in [4.69, 9.17) is 4.74 Å². The molecule has 0 bridgehead atoms. The lowest BCUT2D eigenvalue weighted by molar-refractivity contribution is 0.326. The normalized spacial score (nSPS) is 11.5. The summed E-state index contributed by atoms with van der Waals surface area (Å²) in [6, 6.07) is 10.8. The van der Waals surface area contributed by atoms with Gasteiger partial charge >= 0.3 is 0 Å². The molecular formula is C19H27IN4O3S. The molecule has 28 heavy (non-hydrogen) atoms. The van der Waals surface area contributed by atoms with Crippen LogP contribution >= 0.6 is 24.0 Å². The molecule has 154 valence electrons. The Kier molecular flexibility index (Phi) is 10.2. The quantitative estimate of drug-likeness (QED) is 0.317. The van der Waals surface area contributed by atoms with Gasteiger partial charge in [-0.3, -0.25) is 4.99 Å². The molecule has 0 radical (unpaired) electrons. The minimum absolute atomic E-state index is 0. The largest absolute Gasteiger partial charge is 0.478 e. The fraction of sp³-hybridized carbons (Fsp3) is 0.368. The number of benzene rings is 1. The Morgan fingerprint density at radius 2 is 1.86 bits per heavy atom. The Morgan fingerprint density at radius 3 is 2.46 bits per heavy atom. The van der Waals surface area contributed by atoms with Gasteiger partial charge in [0.1, 0.15) is 0 Å². The summed E-state index contributed by atoms with van der Waals surface area (Å²) in [5.74, 6) is 1.30. The third-order valence-electron chi connectivity index (χ3n) is 3.83. The summed E-state index contributed by atoms with van der Waals surface area (Å²) in [7, 11) is -1.44. The molecule has 0 saturated carbocycles. The fourth-order valence-corrected chi connectivity index (χ4v) is 3.05. The van der Waals surface area contributed by atoms with Gasteiger partial charge < -0.3 is 15.4 Å². The van der Waals surface area contributed by atoms with Crippen molar-refractivity contribution in [1.29, 1.82) is 0 Å². The van der Waals surface area contributed by atoms with E-state index < -0.39 is 9.84 Å². The van der Waals surface area contributed by atoms with Crippen LogP contribution in [0.1, 0.15) is 18.1 Å². The Balaban J connectivity index is 0.00000392. The zero-order valence-electron chi connectivity index (χ0n) is 16.3. The molecule has 2 N–H and O–H groups in total. The zero-order chi connectivity index (χ0) is 19.7. The van der Waals surface area contributed by atoms with Crippen molar-refractivity contribution in [1.82, 2.24) is 15.6 Å². The van der Waals surface area contributed by atoms with Gasteiger partial charge in [0.05, 0.1) is 11.5 Å². The van der Waals surface area contributed by atoms with Crippen molar-refractivity contribution in [2.75, 3.05) is 26.5 Å². The topological polar surface area (TPSA) is 92.7 Å². The van der Waals surface area contributed by atoms with Gasteiger partial charge in [-0.15, -0.1) is 24.0 Å². The highest BCUT2D eigenvalue weighted by atomic mass is 127. The Bertz CT molecular complexity index is 871. The van der Waals surface area contributed by atoms with Crippen LogP contribution < -0.4 is 15.4 Å². The van der Waals surface area contributed by atoms with Crippen molar-refractivity contribution in [3.8, 4) is 5.88 Å². The molecule has 0 spiro atoms. The van der Waals surface area contributed by atoms with E-state index in [0.29, 0.717) is 36.4 Å². The highest BCUT2D eigenvalue weighted by molar-refractivity contribution is 14.0. The Hall–Kier alpha value is -1.88. The molecule has 9 heteroatoms. The van der Waals surface area contributed by atoms with E-state index in [1.165, 1.54) is 6.26 Å². The van der Waals surface area contributed by atoms with E-state index in [2.05, 4.69) is 20.6 Å². The standard InChI is InChI=1S/C19H26N4O3S.HI/c1-4-26-18-13-16(10-11-21-18)14-23-19(20-2)22-12-9-15-5-7-17(8-6-15)27(3,24)25;/h5-8,10-11,13H,4,9,12,14H2,1-3H3,(H2,20,22,23);1H. The molecule has 0 aliphatic rings. The summed E-state index contributed by atoms with van der Waals surface area (Å²) < 4.78 is 28.4. The lowest BCUT2D eigenvalue weighted by Gasteiger charge is -2.12. The summed E-state index contributed by atoms with van der Waals surface area (Å²) in [4.78, 5) is 8.69. The molecule has 7 nitrogen and oxygen atoms in total. The average Bonchev–Trinajstić information content (AvgIpc) is 2.65. The number of aromatic nitrogens is 1. The first-order valence-electron chi connectivity index (χ1n) is 8.73. The van der Waals surface area contributed by atoms with E-state index in [1.807, 2.05) is 31.2 Å². The van der Waals surface area contributed by atoms with E-state index in [-0.39, 0.29) is 24.0 Å². The highest BCUT2D eigenvalue weighted by Crippen LogP contribution is 2.11. The van der Waals surface area contributed by atoms with Gasteiger partial charge in [0, 0.05) is 38.7 Å². The smallest absolute Gasteiger partial charge is 0.213 e. The molecule has 0 atom stereocenters. The molecular weight excluding hydrogens is 491 g/mol. The summed E-state index contributed by atoms with van der Waals surface area (Å²) in [6.45, 7) is 3.79. The molecule has 2 aromatic rings. The van der Waals surface area contributed by atoms with Crippen LogP contribution in [-0.2, 0) is 22.8 Å². The molecule has 0 saturated heterocycles. The number of pyridine rings is 1. The van der Waals surface area contributed by atoms with Crippen molar-refractivity contribution in [3.63, 3.8) is 0 Å². The maximum Gasteiger partial charge on any atom is 0.213 e. The third kappa shape index (κ3) is 8.01. The molecule has 1 heterocycles. The second-order valence-corrected chi connectivity index (χ2v) is 7.97. The zero-order valence-corrected chi connectivity index (χ0v) is 19.5. The molecule has 0 unspecified atom stereocenters. The Labute approximate surface area is 184 Å². The number of hydrogen-bond donors (Lipinski definition) is 2. The summed E-state index contributed by atoms with van der Waals surface area (Å²) in [5, 5.41) is 6.49. The molecule has 0 amide bonds. The van der Waals surface area contributed by atoms with Crippen molar-refractivity contribution in [2.24, 2.45) is 4.99 Å². The number of hydrogen-bond acceptors (Lipinski definition) is 5. The number of halogens is 1. The van der Waals surface area contributed by atoms with Crippen molar-refractivity contribution >= 4 is 39.8 Å². The van der Waals surface area contributed by atoms with Crippen LogP contribution in [0, 0.1) is 0 Å². The van der Waals surface area contributed by atoms with Crippen LogP contribution in [0.4, 0.5) is 0 Å². The van der Waals surface area contributed by atoms with Gasteiger partial charge in [-0.05, 0) is 42.7 Å². The van der Waals surface area contributed by atoms with Crippen LogP contribution in [0.3, 0.4) is 0 Å². The van der Waals surface area contributed by atoms with Crippen LogP contribution in [-0.4, -0.2) is 45.8 Å². The van der Waals surface area contributed by atoms with Gasteiger partial charge in [0.15, 0.2) is 15.8 Å². The van der Waals surface area contributed by atoms with Gasteiger partial charge in [-0.25, -0.2) is 13.4 Å².